The van der Waals surface area contributed by atoms with Crippen LogP contribution in [0.5, 0.6) is 17.2 Å². The van der Waals surface area contributed by atoms with Gasteiger partial charge in [-0.05, 0) is 38.1 Å². The Morgan fingerprint density at radius 2 is 1.96 bits per heavy atom. The highest BCUT2D eigenvalue weighted by molar-refractivity contribution is 7.86. The van der Waals surface area contributed by atoms with Crippen LogP contribution in [-0.4, -0.2) is 37.2 Å². The zero-order valence-corrected chi connectivity index (χ0v) is 15.8. The summed E-state index contributed by atoms with van der Waals surface area (Å²) in [6.07, 6.45) is 2.49. The second-order valence-corrected chi connectivity index (χ2v) is 7.39. The number of H-pyrrole nitrogens is 1. The van der Waals surface area contributed by atoms with E-state index in [1.165, 1.54) is 6.07 Å². The number of nitrogens with zero attached hydrogens (tertiary/aromatic N) is 1. The second-order valence-electron chi connectivity index (χ2n) is 5.81. The predicted octanol–water partition coefficient (Wildman–Crippen LogP) is 3.18. The molecule has 1 N–H and O–H groups in total. The summed E-state index contributed by atoms with van der Waals surface area (Å²) in [6.45, 7) is 3.76. The lowest BCUT2D eigenvalue weighted by Crippen LogP contribution is -2.07. The first-order valence-corrected chi connectivity index (χ1v) is 9.90. The van der Waals surface area contributed by atoms with Crippen LogP contribution in [0.4, 0.5) is 0 Å². The lowest BCUT2D eigenvalue weighted by molar-refractivity contribution is 0.0520. The quantitative estimate of drug-likeness (QED) is 0.509. The van der Waals surface area contributed by atoms with Gasteiger partial charge in [0, 0.05) is 17.1 Å². The van der Waals surface area contributed by atoms with Gasteiger partial charge in [-0.1, -0.05) is 0 Å². The molecule has 2 heterocycles. The zero-order valence-electron chi connectivity index (χ0n) is 15.0. The molecule has 0 aliphatic heterocycles. The summed E-state index contributed by atoms with van der Waals surface area (Å²) in [4.78, 5) is 19.0. The molecule has 0 saturated heterocycles. The fraction of sp³-hybridized carbons (Fsp3) is 0.222. The zero-order chi connectivity index (χ0) is 19.6. The summed E-state index contributed by atoms with van der Waals surface area (Å²) in [5.74, 6) is 0.275. The molecule has 0 unspecified atom stereocenters. The van der Waals surface area contributed by atoms with Crippen molar-refractivity contribution in [3.05, 3.63) is 47.9 Å². The van der Waals surface area contributed by atoms with Crippen LogP contribution in [0.2, 0.25) is 0 Å². The molecule has 27 heavy (non-hydrogen) atoms. The first-order valence-electron chi connectivity index (χ1n) is 8.09. The lowest BCUT2D eigenvalue weighted by Gasteiger charge is -2.09. The molecule has 2 aromatic heterocycles. The van der Waals surface area contributed by atoms with Gasteiger partial charge < -0.3 is 18.6 Å². The van der Waals surface area contributed by atoms with Gasteiger partial charge in [-0.15, -0.1) is 0 Å². The van der Waals surface area contributed by atoms with Crippen LogP contribution < -0.4 is 8.92 Å². The minimum Gasteiger partial charge on any atom is -0.461 e. The number of hydrogen-bond acceptors (Lipinski definition) is 7. The number of esters is 1. The van der Waals surface area contributed by atoms with Gasteiger partial charge in [0.1, 0.15) is 17.2 Å². The van der Waals surface area contributed by atoms with E-state index >= 15 is 0 Å². The van der Waals surface area contributed by atoms with Gasteiger partial charge in [0.15, 0.2) is 5.75 Å². The number of hydrogen-bond donors (Lipinski definition) is 1. The molecule has 0 fully saturated rings. The third kappa shape index (κ3) is 4.56. The maximum Gasteiger partial charge on any atom is 0.354 e. The summed E-state index contributed by atoms with van der Waals surface area (Å²) in [5, 5.41) is 0.536. The van der Waals surface area contributed by atoms with Crippen LogP contribution >= 0.6 is 0 Å². The lowest BCUT2D eigenvalue weighted by atomic mass is 10.2. The Morgan fingerprint density at radius 3 is 2.59 bits per heavy atom. The fourth-order valence-electron chi connectivity index (χ4n) is 2.44. The van der Waals surface area contributed by atoms with E-state index in [0.29, 0.717) is 22.4 Å². The van der Waals surface area contributed by atoms with Crippen LogP contribution in [0.15, 0.2) is 36.5 Å². The second kappa shape index (κ2) is 7.28. The van der Waals surface area contributed by atoms with Gasteiger partial charge in [0.2, 0.25) is 0 Å². The van der Waals surface area contributed by atoms with Crippen molar-refractivity contribution in [2.75, 3.05) is 12.9 Å². The van der Waals surface area contributed by atoms with Gasteiger partial charge in [-0.25, -0.2) is 4.79 Å². The highest BCUT2D eigenvalue weighted by Gasteiger charge is 2.17. The van der Waals surface area contributed by atoms with Crippen molar-refractivity contribution in [1.29, 1.82) is 0 Å². The molecular weight excluding hydrogens is 372 g/mol. The predicted molar refractivity (Wildman–Crippen MR) is 98.8 cm³/mol. The van der Waals surface area contributed by atoms with Crippen molar-refractivity contribution in [2.24, 2.45) is 0 Å². The van der Waals surface area contributed by atoms with Gasteiger partial charge in [0.05, 0.1) is 24.6 Å². The molecule has 142 valence electrons. The molecule has 0 spiro atoms. The maximum atomic E-state index is 12.0. The Balaban J connectivity index is 2.06. The Hall–Kier alpha value is -3.07. The van der Waals surface area contributed by atoms with Gasteiger partial charge in [0.25, 0.3) is 0 Å². The van der Waals surface area contributed by atoms with Crippen molar-refractivity contribution in [3.63, 3.8) is 0 Å². The number of aryl methyl sites for hydroxylation is 1. The molecule has 0 aliphatic rings. The third-order valence-electron chi connectivity index (χ3n) is 3.52. The molecule has 1 aromatic carbocycles. The first-order chi connectivity index (χ1) is 12.7. The third-order valence-corrected chi connectivity index (χ3v) is 4.00. The normalized spacial score (nSPS) is 11.4. The van der Waals surface area contributed by atoms with Crippen LogP contribution in [0.1, 0.15) is 23.1 Å². The van der Waals surface area contributed by atoms with Crippen molar-refractivity contribution < 1.29 is 26.9 Å². The Bertz CT molecular complexity index is 1090. The van der Waals surface area contributed by atoms with E-state index in [0.717, 1.165) is 11.9 Å². The molecule has 3 rings (SSSR count). The van der Waals surface area contributed by atoms with E-state index in [1.54, 1.807) is 37.4 Å². The van der Waals surface area contributed by atoms with Crippen molar-refractivity contribution in [2.45, 2.75) is 13.8 Å². The van der Waals surface area contributed by atoms with Crippen molar-refractivity contribution in [3.8, 4) is 17.2 Å². The molecule has 3 aromatic rings. The van der Waals surface area contributed by atoms with Crippen LogP contribution in [0.25, 0.3) is 10.9 Å². The number of benzene rings is 1. The first kappa shape index (κ1) is 18.7. The monoisotopic (exact) mass is 390 g/mol. The largest absolute Gasteiger partial charge is 0.461 e. The number of aromatic nitrogens is 2. The van der Waals surface area contributed by atoms with Crippen LogP contribution in [0.3, 0.4) is 0 Å². The minimum atomic E-state index is -3.79. The van der Waals surface area contributed by atoms with E-state index in [9.17, 15) is 13.2 Å². The van der Waals surface area contributed by atoms with E-state index in [1.807, 2.05) is 6.92 Å². The average molecular weight is 390 g/mol. The molecule has 0 radical (unpaired) electrons. The summed E-state index contributed by atoms with van der Waals surface area (Å²) >= 11 is 0. The van der Waals surface area contributed by atoms with E-state index < -0.39 is 16.1 Å². The standard InChI is InChI=1S/C18H18N2O6S/c1-4-24-18(21)15-8-12-7-14(25-13-6-5-11(2)19-10-13)9-16(17(12)20-15)26-27(3,22)23/h5-10,20H,4H2,1-3H3. The number of pyridine rings is 1. The molecule has 0 amide bonds. The molecule has 8 nitrogen and oxygen atoms in total. The number of fused-ring (bicyclic) bond motifs is 1. The maximum absolute atomic E-state index is 12.0. The summed E-state index contributed by atoms with van der Waals surface area (Å²) < 4.78 is 39.0. The van der Waals surface area contributed by atoms with E-state index in [2.05, 4.69) is 9.97 Å². The number of carbonyl (C=O) groups is 1. The number of ether oxygens (including phenoxy) is 2. The molecule has 9 heteroatoms. The van der Waals surface area contributed by atoms with Crippen molar-refractivity contribution >= 4 is 27.0 Å². The smallest absolute Gasteiger partial charge is 0.354 e. The SMILES string of the molecule is CCOC(=O)c1cc2cc(Oc3ccc(C)nc3)cc(OS(C)(=O)=O)c2[nH]1. The van der Waals surface area contributed by atoms with Gasteiger partial charge in [-0.2, -0.15) is 8.42 Å². The van der Waals surface area contributed by atoms with Gasteiger partial charge in [-0.3, -0.25) is 4.98 Å². The average Bonchev–Trinajstić information content (AvgIpc) is 3.00. The highest BCUT2D eigenvalue weighted by Crippen LogP contribution is 2.34. The molecule has 0 aliphatic carbocycles. The van der Waals surface area contributed by atoms with Crippen LogP contribution in [-0.2, 0) is 14.9 Å². The number of nitrogens with one attached hydrogen (secondary N) is 1. The topological polar surface area (TPSA) is 108 Å². The van der Waals surface area contributed by atoms with Crippen LogP contribution in [0, 0.1) is 6.92 Å². The van der Waals surface area contributed by atoms with E-state index in [-0.39, 0.29) is 18.1 Å². The van der Waals surface area contributed by atoms with E-state index in [4.69, 9.17) is 13.7 Å². The van der Waals surface area contributed by atoms with Gasteiger partial charge >= 0.3 is 16.1 Å². The highest BCUT2D eigenvalue weighted by atomic mass is 32.2. The Kier molecular flexibility index (Phi) is 5.04. The summed E-state index contributed by atoms with van der Waals surface area (Å²) in [6, 6.07) is 8.16. The summed E-state index contributed by atoms with van der Waals surface area (Å²) in [7, 11) is -3.79. The molecule has 0 atom stereocenters. The van der Waals surface area contributed by atoms with Crippen molar-refractivity contribution in [1.82, 2.24) is 9.97 Å². The number of carbonyl (C=O) groups excluding carboxylic acids is 1. The Morgan fingerprint density at radius 1 is 1.19 bits per heavy atom. The Labute approximate surface area is 156 Å². The minimum absolute atomic E-state index is 0.0145. The number of aromatic amines is 1. The molecule has 0 saturated carbocycles. The summed E-state index contributed by atoms with van der Waals surface area (Å²) in [5.41, 5.74) is 1.36. The fourth-order valence-corrected chi connectivity index (χ4v) is 2.90. The molecule has 0 bridgehead atoms. The number of rotatable bonds is 6. The molecular formula is C18H18N2O6S.